The third kappa shape index (κ3) is 5.29. The summed E-state index contributed by atoms with van der Waals surface area (Å²) in [4.78, 5) is 32.2. The lowest BCUT2D eigenvalue weighted by molar-refractivity contribution is -0.136. The van der Waals surface area contributed by atoms with E-state index in [1.165, 1.54) is 11.1 Å². The van der Waals surface area contributed by atoms with Gasteiger partial charge in [0.1, 0.15) is 17.3 Å². The van der Waals surface area contributed by atoms with Crippen molar-refractivity contribution in [3.05, 3.63) is 65.3 Å². The molecule has 1 amide bonds. The molecule has 0 radical (unpaired) electrons. The number of carboxylic acid groups (broad SMARTS) is 1. The van der Waals surface area contributed by atoms with Gasteiger partial charge in [-0.15, -0.1) is 0 Å². The number of aliphatic carboxylic acids is 1. The van der Waals surface area contributed by atoms with E-state index in [0.29, 0.717) is 29.7 Å². The molecular weight excluding hydrogens is 490 g/mol. The Morgan fingerprint density at radius 1 is 1.18 bits per heavy atom. The van der Waals surface area contributed by atoms with Crippen LogP contribution in [0, 0.1) is 0 Å². The molecule has 0 saturated carbocycles. The number of nitrogens with zero attached hydrogens (tertiary/aromatic N) is 4. The molecule has 168 valence electrons. The van der Waals surface area contributed by atoms with Gasteiger partial charge < -0.3 is 19.7 Å². The van der Waals surface area contributed by atoms with E-state index in [2.05, 4.69) is 31.2 Å². The van der Waals surface area contributed by atoms with Gasteiger partial charge in [0.2, 0.25) is 12.4 Å². The van der Waals surface area contributed by atoms with Crippen LogP contribution in [0.15, 0.2) is 65.3 Å². The molecule has 2 heterocycles. The molecule has 0 aliphatic carbocycles. The Kier molecular flexibility index (Phi) is 6.55. The number of carboxylic acids is 1. The third-order valence-electron chi connectivity index (χ3n) is 4.89. The molecule has 0 fully saturated rings. The molecule has 0 aliphatic rings. The highest BCUT2D eigenvalue weighted by molar-refractivity contribution is 9.10. The van der Waals surface area contributed by atoms with Crippen LogP contribution < -0.4 is 15.0 Å². The normalized spacial score (nSPS) is 10.7. The lowest BCUT2D eigenvalue weighted by Gasteiger charge is -2.16. The number of benzene rings is 2. The Balaban J connectivity index is 1.54. The molecule has 0 atom stereocenters. The standard InChI is InChI=1S/C23H20BrN5O4/c1-28-20-7-6-17(12-19(20)27-23(28)26-16-4-2-15(24)3-5-16)33-18-8-10-25-21(13-18)29(14-30)11-9-22(31)32/h2-8,10,12-14H,9,11H2,1H3,(H,26,27)(H,31,32). The molecule has 0 bridgehead atoms. The van der Waals surface area contributed by atoms with Crippen LogP contribution in [-0.2, 0) is 16.6 Å². The molecule has 0 spiro atoms. The number of halogens is 1. The van der Waals surface area contributed by atoms with Gasteiger partial charge >= 0.3 is 5.97 Å². The summed E-state index contributed by atoms with van der Waals surface area (Å²) in [5.74, 6) is 1.04. The average Bonchev–Trinajstić information content (AvgIpc) is 3.10. The van der Waals surface area contributed by atoms with Crippen LogP contribution in [0.4, 0.5) is 17.5 Å². The van der Waals surface area contributed by atoms with Crippen LogP contribution in [0.5, 0.6) is 11.5 Å². The van der Waals surface area contributed by atoms with Gasteiger partial charge in [-0.1, -0.05) is 15.9 Å². The molecule has 4 rings (SSSR count). The van der Waals surface area contributed by atoms with E-state index in [0.717, 1.165) is 21.2 Å². The maximum atomic E-state index is 11.3. The van der Waals surface area contributed by atoms with Crippen LogP contribution in [0.3, 0.4) is 0 Å². The van der Waals surface area contributed by atoms with Crippen molar-refractivity contribution in [3.63, 3.8) is 0 Å². The first-order valence-corrected chi connectivity index (χ1v) is 10.8. The molecule has 33 heavy (non-hydrogen) atoms. The van der Waals surface area contributed by atoms with Crippen LogP contribution >= 0.6 is 15.9 Å². The number of hydrogen-bond donors (Lipinski definition) is 2. The van der Waals surface area contributed by atoms with Crippen LogP contribution in [0.25, 0.3) is 11.0 Å². The largest absolute Gasteiger partial charge is 0.481 e. The van der Waals surface area contributed by atoms with Crippen LogP contribution in [-0.4, -0.2) is 38.6 Å². The molecule has 10 heteroatoms. The summed E-state index contributed by atoms with van der Waals surface area (Å²) >= 11 is 3.43. The lowest BCUT2D eigenvalue weighted by Crippen LogP contribution is -2.25. The van der Waals surface area contributed by atoms with Gasteiger partial charge in [0.25, 0.3) is 0 Å². The lowest BCUT2D eigenvalue weighted by atomic mass is 10.3. The zero-order chi connectivity index (χ0) is 23.4. The minimum absolute atomic E-state index is 0.0172. The number of anilines is 3. The smallest absolute Gasteiger partial charge is 0.305 e. The molecular formula is C23H20BrN5O4. The summed E-state index contributed by atoms with van der Waals surface area (Å²) in [7, 11) is 1.93. The summed E-state index contributed by atoms with van der Waals surface area (Å²) < 4.78 is 8.91. The number of ether oxygens (including phenoxy) is 1. The van der Waals surface area contributed by atoms with E-state index >= 15 is 0 Å². The van der Waals surface area contributed by atoms with Crippen LogP contribution in [0.2, 0.25) is 0 Å². The molecule has 4 aromatic rings. The summed E-state index contributed by atoms with van der Waals surface area (Å²) in [5.41, 5.74) is 2.60. The van der Waals surface area contributed by atoms with Gasteiger partial charge in [0.15, 0.2) is 0 Å². The second-order valence-electron chi connectivity index (χ2n) is 7.17. The summed E-state index contributed by atoms with van der Waals surface area (Å²) in [6.45, 7) is 0.0172. The highest BCUT2D eigenvalue weighted by atomic mass is 79.9. The summed E-state index contributed by atoms with van der Waals surface area (Å²) in [6, 6.07) is 16.6. The Morgan fingerprint density at radius 2 is 1.94 bits per heavy atom. The van der Waals surface area contributed by atoms with Gasteiger partial charge in [-0.25, -0.2) is 9.97 Å². The number of hydrogen-bond acceptors (Lipinski definition) is 6. The van der Waals surface area contributed by atoms with Crippen molar-refractivity contribution in [2.75, 3.05) is 16.8 Å². The Morgan fingerprint density at radius 3 is 2.67 bits per heavy atom. The molecule has 2 N–H and O–H groups in total. The highest BCUT2D eigenvalue weighted by Crippen LogP contribution is 2.29. The maximum absolute atomic E-state index is 11.3. The van der Waals surface area contributed by atoms with E-state index in [1.54, 1.807) is 12.1 Å². The topological polar surface area (TPSA) is 110 Å². The molecule has 0 aliphatic heterocycles. The van der Waals surface area contributed by atoms with Crippen molar-refractivity contribution >= 4 is 56.8 Å². The highest BCUT2D eigenvalue weighted by Gasteiger charge is 2.12. The third-order valence-corrected chi connectivity index (χ3v) is 5.42. The first-order chi connectivity index (χ1) is 15.9. The van der Waals surface area contributed by atoms with E-state index in [1.807, 2.05) is 54.1 Å². The van der Waals surface area contributed by atoms with Crippen molar-refractivity contribution in [3.8, 4) is 11.5 Å². The van der Waals surface area contributed by atoms with Crippen molar-refractivity contribution in [2.45, 2.75) is 6.42 Å². The monoisotopic (exact) mass is 509 g/mol. The van der Waals surface area contributed by atoms with E-state index in [9.17, 15) is 9.59 Å². The number of pyridine rings is 1. The number of aromatic nitrogens is 3. The number of imidazole rings is 1. The van der Waals surface area contributed by atoms with Gasteiger partial charge in [-0.3, -0.25) is 14.5 Å². The van der Waals surface area contributed by atoms with Gasteiger partial charge in [0.05, 0.1) is 17.5 Å². The number of carbonyl (C=O) groups is 2. The molecule has 2 aromatic carbocycles. The summed E-state index contributed by atoms with van der Waals surface area (Å²) in [5, 5.41) is 12.2. The number of fused-ring (bicyclic) bond motifs is 1. The number of carbonyl (C=O) groups excluding carboxylic acids is 1. The van der Waals surface area contributed by atoms with Gasteiger partial charge in [-0.05, 0) is 42.5 Å². The first-order valence-electron chi connectivity index (χ1n) is 9.99. The Bertz CT molecular complexity index is 1310. The minimum atomic E-state index is -0.994. The Labute approximate surface area is 197 Å². The van der Waals surface area contributed by atoms with Crippen molar-refractivity contribution in [1.82, 2.24) is 14.5 Å². The fraction of sp³-hybridized carbons (Fsp3) is 0.130. The number of amides is 1. The van der Waals surface area contributed by atoms with E-state index in [4.69, 9.17) is 9.84 Å². The van der Waals surface area contributed by atoms with Gasteiger partial charge in [0, 0.05) is 42.1 Å². The predicted molar refractivity (Wildman–Crippen MR) is 128 cm³/mol. The van der Waals surface area contributed by atoms with E-state index < -0.39 is 5.97 Å². The second-order valence-corrected chi connectivity index (χ2v) is 8.09. The average molecular weight is 510 g/mol. The molecule has 2 aromatic heterocycles. The zero-order valence-electron chi connectivity index (χ0n) is 17.6. The number of rotatable bonds is 9. The molecule has 0 saturated heterocycles. The fourth-order valence-electron chi connectivity index (χ4n) is 3.21. The number of aryl methyl sites for hydroxylation is 1. The predicted octanol–water partition coefficient (Wildman–Crippen LogP) is 4.70. The van der Waals surface area contributed by atoms with Crippen molar-refractivity contribution in [2.24, 2.45) is 7.05 Å². The minimum Gasteiger partial charge on any atom is -0.481 e. The van der Waals surface area contributed by atoms with Crippen LogP contribution in [0.1, 0.15) is 6.42 Å². The SMILES string of the molecule is Cn1c(Nc2ccc(Br)cc2)nc2cc(Oc3ccnc(N(C=O)CCC(=O)O)c3)ccc21. The maximum Gasteiger partial charge on any atom is 0.305 e. The molecule has 9 nitrogen and oxygen atoms in total. The fourth-order valence-corrected chi connectivity index (χ4v) is 3.48. The molecule has 0 unspecified atom stereocenters. The zero-order valence-corrected chi connectivity index (χ0v) is 19.2. The van der Waals surface area contributed by atoms with Gasteiger partial charge in [-0.2, -0.15) is 0 Å². The summed E-state index contributed by atoms with van der Waals surface area (Å²) in [6.07, 6.45) is 1.87. The Hall–Kier alpha value is -3.92. The number of nitrogens with one attached hydrogen (secondary N) is 1. The van der Waals surface area contributed by atoms with Crippen molar-refractivity contribution in [1.29, 1.82) is 0 Å². The quantitative estimate of drug-likeness (QED) is 0.314. The second kappa shape index (κ2) is 9.70. The van der Waals surface area contributed by atoms with Crippen molar-refractivity contribution < 1.29 is 19.4 Å². The van der Waals surface area contributed by atoms with E-state index in [-0.39, 0.29) is 13.0 Å². The first kappa shape index (κ1) is 22.3.